The van der Waals surface area contributed by atoms with E-state index in [1.807, 2.05) is 6.07 Å². The molecule has 1 heterocycles. The first-order valence-corrected chi connectivity index (χ1v) is 8.05. The molecule has 22 heavy (non-hydrogen) atoms. The number of likely N-dealkylation sites (N-methyl/N-ethyl adjacent to an activating group) is 1. The van der Waals surface area contributed by atoms with E-state index in [9.17, 15) is 0 Å². The molecule has 3 rings (SSSR count). The molecule has 1 fully saturated rings. The van der Waals surface area contributed by atoms with Gasteiger partial charge in [-0.15, -0.1) is 12.4 Å². The van der Waals surface area contributed by atoms with Crippen molar-refractivity contribution in [3.05, 3.63) is 35.9 Å². The molecule has 1 aromatic carbocycles. The molecule has 0 spiro atoms. The van der Waals surface area contributed by atoms with Crippen LogP contribution in [0.1, 0.15) is 31.2 Å². The van der Waals surface area contributed by atoms with Gasteiger partial charge in [0.05, 0.1) is 0 Å². The molecular formula is C18H26ClNO2. The minimum atomic E-state index is 0. The molecule has 0 aromatic heterocycles. The van der Waals surface area contributed by atoms with Crippen molar-refractivity contribution in [3.63, 3.8) is 0 Å². The summed E-state index contributed by atoms with van der Waals surface area (Å²) in [6.07, 6.45) is 10.3. The maximum atomic E-state index is 5.64. The monoisotopic (exact) mass is 323 g/mol. The van der Waals surface area contributed by atoms with Crippen LogP contribution in [0.25, 0.3) is 0 Å². The van der Waals surface area contributed by atoms with E-state index in [4.69, 9.17) is 9.47 Å². The van der Waals surface area contributed by atoms with Crippen molar-refractivity contribution in [2.24, 2.45) is 5.92 Å². The smallest absolute Gasteiger partial charge is 0.161 e. The highest BCUT2D eigenvalue weighted by Crippen LogP contribution is 2.31. The van der Waals surface area contributed by atoms with E-state index in [1.165, 1.54) is 31.2 Å². The maximum Gasteiger partial charge on any atom is 0.161 e. The van der Waals surface area contributed by atoms with Crippen LogP contribution in [-0.2, 0) is 6.54 Å². The van der Waals surface area contributed by atoms with E-state index in [1.54, 1.807) is 0 Å². The summed E-state index contributed by atoms with van der Waals surface area (Å²) >= 11 is 0. The lowest BCUT2D eigenvalue weighted by Gasteiger charge is -2.20. The summed E-state index contributed by atoms with van der Waals surface area (Å²) in [7, 11) is 2.16. The minimum absolute atomic E-state index is 0. The summed E-state index contributed by atoms with van der Waals surface area (Å²) in [4.78, 5) is 2.33. The lowest BCUT2D eigenvalue weighted by atomic mass is 10.1. The Morgan fingerprint density at radius 3 is 2.64 bits per heavy atom. The van der Waals surface area contributed by atoms with Gasteiger partial charge in [0.25, 0.3) is 0 Å². The average molecular weight is 324 g/mol. The van der Waals surface area contributed by atoms with Crippen LogP contribution in [0.15, 0.2) is 30.4 Å². The van der Waals surface area contributed by atoms with Crippen molar-refractivity contribution in [3.8, 4) is 11.5 Å². The van der Waals surface area contributed by atoms with Gasteiger partial charge in [0.2, 0.25) is 0 Å². The second kappa shape index (κ2) is 8.44. The van der Waals surface area contributed by atoms with E-state index in [0.29, 0.717) is 13.2 Å². The first-order chi connectivity index (χ1) is 10.3. The molecule has 4 heteroatoms. The Bertz CT molecular complexity index is 498. The fraction of sp³-hybridized carbons (Fsp3) is 0.556. The van der Waals surface area contributed by atoms with E-state index < -0.39 is 0 Å². The molecule has 1 aromatic rings. The van der Waals surface area contributed by atoms with E-state index in [0.717, 1.165) is 30.5 Å². The lowest BCUT2D eigenvalue weighted by molar-refractivity contribution is 0.171. The zero-order chi connectivity index (χ0) is 14.5. The van der Waals surface area contributed by atoms with Crippen LogP contribution in [0.2, 0.25) is 0 Å². The number of fused-ring (bicyclic) bond motifs is 1. The summed E-state index contributed by atoms with van der Waals surface area (Å²) in [6, 6.07) is 6.25. The predicted molar refractivity (Wildman–Crippen MR) is 92.1 cm³/mol. The molecule has 0 unspecified atom stereocenters. The van der Waals surface area contributed by atoms with Gasteiger partial charge in [-0.3, -0.25) is 4.90 Å². The number of rotatable bonds is 5. The molecule has 0 atom stereocenters. The zero-order valence-corrected chi connectivity index (χ0v) is 14.1. The molecule has 1 saturated carbocycles. The van der Waals surface area contributed by atoms with Gasteiger partial charge in [-0.2, -0.15) is 0 Å². The third-order valence-corrected chi connectivity index (χ3v) is 4.28. The Labute approximate surface area is 139 Å². The first kappa shape index (κ1) is 17.2. The van der Waals surface area contributed by atoms with E-state index in [2.05, 4.69) is 36.2 Å². The molecule has 3 nitrogen and oxygen atoms in total. The van der Waals surface area contributed by atoms with Crippen molar-refractivity contribution in [2.45, 2.75) is 32.2 Å². The fourth-order valence-electron chi connectivity index (χ4n) is 3.15. The van der Waals surface area contributed by atoms with Crippen molar-refractivity contribution >= 4 is 12.4 Å². The Morgan fingerprint density at radius 1 is 1.14 bits per heavy atom. The molecule has 0 saturated heterocycles. The Hall–Kier alpha value is -1.19. The molecule has 0 bridgehead atoms. The number of halogens is 1. The molecule has 0 amide bonds. The largest absolute Gasteiger partial charge is 0.486 e. The Kier molecular flexibility index (Phi) is 6.59. The highest BCUT2D eigenvalue weighted by molar-refractivity contribution is 5.85. The van der Waals surface area contributed by atoms with Gasteiger partial charge >= 0.3 is 0 Å². The molecular weight excluding hydrogens is 298 g/mol. The van der Waals surface area contributed by atoms with Crippen LogP contribution >= 0.6 is 12.4 Å². The summed E-state index contributed by atoms with van der Waals surface area (Å²) in [6.45, 7) is 3.24. The third kappa shape index (κ3) is 4.65. The summed E-state index contributed by atoms with van der Waals surface area (Å²) in [5, 5.41) is 0. The predicted octanol–water partition coefficient (Wildman–Crippen LogP) is 4.06. The van der Waals surface area contributed by atoms with Crippen molar-refractivity contribution < 1.29 is 9.47 Å². The van der Waals surface area contributed by atoms with Gasteiger partial charge < -0.3 is 9.47 Å². The Morgan fingerprint density at radius 2 is 1.86 bits per heavy atom. The third-order valence-electron chi connectivity index (χ3n) is 4.28. The highest BCUT2D eigenvalue weighted by atomic mass is 35.5. The van der Waals surface area contributed by atoms with E-state index in [-0.39, 0.29) is 12.4 Å². The maximum absolute atomic E-state index is 5.64. The fourth-order valence-corrected chi connectivity index (χ4v) is 3.15. The molecule has 0 N–H and O–H groups in total. The van der Waals surface area contributed by atoms with Crippen LogP contribution in [0.3, 0.4) is 0 Å². The molecule has 2 aliphatic rings. The Balaban J connectivity index is 0.00000176. The van der Waals surface area contributed by atoms with Crippen LogP contribution in [0, 0.1) is 5.92 Å². The second-order valence-corrected chi connectivity index (χ2v) is 6.15. The topological polar surface area (TPSA) is 21.7 Å². The standard InChI is InChI=1S/C18H25NO2.ClH/c1-19(10-4-7-15-5-2-3-6-15)14-16-8-9-17-18(13-16)21-12-11-20-17;/h4,7-9,13,15H,2-3,5-6,10-12,14H2,1H3;1H/b7-4+;. The van der Waals surface area contributed by atoms with Gasteiger partial charge in [-0.05, 0) is 43.5 Å². The second-order valence-electron chi connectivity index (χ2n) is 6.15. The highest BCUT2D eigenvalue weighted by Gasteiger charge is 2.13. The van der Waals surface area contributed by atoms with Gasteiger partial charge in [0.15, 0.2) is 11.5 Å². The van der Waals surface area contributed by atoms with Gasteiger partial charge in [0, 0.05) is 13.1 Å². The van der Waals surface area contributed by atoms with Crippen molar-refractivity contribution in [2.75, 3.05) is 26.8 Å². The van der Waals surface area contributed by atoms with Gasteiger partial charge in [-0.25, -0.2) is 0 Å². The minimum Gasteiger partial charge on any atom is -0.486 e. The number of benzene rings is 1. The van der Waals surface area contributed by atoms with Crippen molar-refractivity contribution in [1.29, 1.82) is 0 Å². The van der Waals surface area contributed by atoms with Gasteiger partial charge in [0.1, 0.15) is 13.2 Å². The number of nitrogens with zero attached hydrogens (tertiary/aromatic N) is 1. The molecule has 0 radical (unpaired) electrons. The summed E-state index contributed by atoms with van der Waals surface area (Å²) in [5.74, 6) is 2.58. The number of ether oxygens (including phenoxy) is 2. The number of hydrogen-bond donors (Lipinski definition) is 0. The normalized spacial score (nSPS) is 17.9. The SMILES string of the molecule is CN(C/C=C/C1CCCC1)Cc1ccc2c(c1)OCCO2.Cl. The first-order valence-electron chi connectivity index (χ1n) is 8.05. The summed E-state index contributed by atoms with van der Waals surface area (Å²) < 4.78 is 11.2. The van der Waals surface area contributed by atoms with Crippen LogP contribution in [-0.4, -0.2) is 31.7 Å². The number of hydrogen-bond acceptors (Lipinski definition) is 3. The quantitative estimate of drug-likeness (QED) is 0.763. The lowest BCUT2D eigenvalue weighted by Crippen LogP contribution is -2.19. The summed E-state index contributed by atoms with van der Waals surface area (Å²) in [5.41, 5.74) is 1.27. The molecule has 122 valence electrons. The molecule has 1 aliphatic heterocycles. The van der Waals surface area contributed by atoms with Crippen LogP contribution < -0.4 is 9.47 Å². The van der Waals surface area contributed by atoms with Crippen LogP contribution in [0.5, 0.6) is 11.5 Å². The van der Waals surface area contributed by atoms with Gasteiger partial charge in [-0.1, -0.05) is 31.1 Å². The average Bonchev–Trinajstić information content (AvgIpc) is 3.00. The number of allylic oxidation sites excluding steroid dienone is 1. The van der Waals surface area contributed by atoms with E-state index >= 15 is 0 Å². The molecule has 1 aliphatic carbocycles. The zero-order valence-electron chi connectivity index (χ0n) is 13.3. The van der Waals surface area contributed by atoms with Crippen molar-refractivity contribution in [1.82, 2.24) is 4.90 Å². The van der Waals surface area contributed by atoms with Crippen LogP contribution in [0.4, 0.5) is 0 Å².